The molecule has 0 radical (unpaired) electrons. The predicted molar refractivity (Wildman–Crippen MR) is 104 cm³/mol. The van der Waals surface area contributed by atoms with Crippen LogP contribution in [-0.4, -0.2) is 61.6 Å². The average molecular weight is 418 g/mol. The maximum atomic E-state index is 4.52. The Balaban J connectivity index is 0.00000176. The zero-order chi connectivity index (χ0) is 14.7. The summed E-state index contributed by atoms with van der Waals surface area (Å²) in [4.78, 5) is 9.54. The molecule has 2 heterocycles. The Morgan fingerprint density at radius 3 is 2.59 bits per heavy atom. The summed E-state index contributed by atoms with van der Waals surface area (Å²) in [6, 6.07) is 0.695. The van der Waals surface area contributed by atoms with Gasteiger partial charge in [0, 0.05) is 45.8 Å². The van der Waals surface area contributed by atoms with E-state index in [1.165, 1.54) is 32.1 Å². The normalized spacial score (nSPS) is 28.2. The molecule has 2 fully saturated rings. The summed E-state index contributed by atoms with van der Waals surface area (Å²) in [7, 11) is 1.92. The molecule has 5 heteroatoms. The largest absolute Gasteiger partial charge is 0.356 e. The van der Waals surface area contributed by atoms with Gasteiger partial charge in [0.1, 0.15) is 0 Å². The van der Waals surface area contributed by atoms with Gasteiger partial charge in [-0.1, -0.05) is 31.9 Å². The van der Waals surface area contributed by atoms with Crippen molar-refractivity contribution in [1.82, 2.24) is 15.1 Å². The molecule has 0 aromatic carbocycles. The third-order valence-corrected chi connectivity index (χ3v) is 5.52. The lowest BCUT2D eigenvalue weighted by Crippen LogP contribution is -2.45. The molecule has 22 heavy (non-hydrogen) atoms. The average Bonchev–Trinajstić information content (AvgIpc) is 3.20. The lowest BCUT2D eigenvalue weighted by atomic mass is 9.89. The van der Waals surface area contributed by atoms with E-state index >= 15 is 0 Å². The Bertz CT molecular complexity index is 407. The first-order valence-electron chi connectivity index (χ1n) is 8.55. The van der Waals surface area contributed by atoms with Gasteiger partial charge in [-0.15, -0.1) is 24.0 Å². The summed E-state index contributed by atoms with van der Waals surface area (Å²) >= 11 is 0. The van der Waals surface area contributed by atoms with E-state index in [1.54, 1.807) is 0 Å². The number of nitrogens with zero attached hydrogens (tertiary/aromatic N) is 3. The molecule has 0 aromatic rings. The molecule has 0 bridgehead atoms. The van der Waals surface area contributed by atoms with Crippen molar-refractivity contribution >= 4 is 29.9 Å². The van der Waals surface area contributed by atoms with E-state index in [0.717, 1.165) is 38.7 Å². The van der Waals surface area contributed by atoms with E-state index in [4.69, 9.17) is 0 Å². The molecule has 1 unspecified atom stereocenters. The van der Waals surface area contributed by atoms with Crippen molar-refractivity contribution in [3.05, 3.63) is 12.2 Å². The monoisotopic (exact) mass is 418 g/mol. The van der Waals surface area contributed by atoms with E-state index < -0.39 is 0 Å². The van der Waals surface area contributed by atoms with Gasteiger partial charge in [0.15, 0.2) is 5.96 Å². The lowest BCUT2D eigenvalue weighted by Gasteiger charge is -2.29. The van der Waals surface area contributed by atoms with Gasteiger partial charge in [-0.2, -0.15) is 0 Å². The summed E-state index contributed by atoms with van der Waals surface area (Å²) in [5.41, 5.74) is 0.480. The number of nitrogens with one attached hydrogen (secondary N) is 1. The molecule has 1 aliphatic carbocycles. The van der Waals surface area contributed by atoms with Crippen LogP contribution in [0.15, 0.2) is 17.1 Å². The number of guanidine groups is 1. The molecular formula is C17H31IN4. The van der Waals surface area contributed by atoms with Crippen LogP contribution in [-0.2, 0) is 0 Å². The van der Waals surface area contributed by atoms with Crippen molar-refractivity contribution in [3.8, 4) is 0 Å². The van der Waals surface area contributed by atoms with Crippen molar-refractivity contribution in [2.45, 2.75) is 45.1 Å². The van der Waals surface area contributed by atoms with Gasteiger partial charge in [-0.05, 0) is 24.7 Å². The van der Waals surface area contributed by atoms with Gasteiger partial charge >= 0.3 is 0 Å². The van der Waals surface area contributed by atoms with Crippen LogP contribution in [0.4, 0.5) is 0 Å². The second kappa shape index (κ2) is 7.99. The van der Waals surface area contributed by atoms with E-state index in [9.17, 15) is 0 Å². The number of likely N-dealkylation sites (tertiary alicyclic amines) is 1. The fraction of sp³-hybridized carbons (Fsp3) is 0.824. The Morgan fingerprint density at radius 1 is 1.27 bits per heavy atom. The Hall–Kier alpha value is -0.300. The highest BCUT2D eigenvalue weighted by Gasteiger charge is 2.32. The Labute approximate surface area is 152 Å². The summed E-state index contributed by atoms with van der Waals surface area (Å²) < 4.78 is 0. The first-order valence-corrected chi connectivity index (χ1v) is 8.55. The molecule has 126 valence electrons. The lowest BCUT2D eigenvalue weighted by molar-refractivity contribution is 0.258. The molecule has 2 aliphatic heterocycles. The minimum Gasteiger partial charge on any atom is -0.356 e. The molecule has 1 saturated heterocycles. The van der Waals surface area contributed by atoms with Crippen LogP contribution < -0.4 is 5.32 Å². The van der Waals surface area contributed by atoms with Crippen LogP contribution in [0.3, 0.4) is 0 Å². The Kier molecular flexibility index (Phi) is 6.56. The molecule has 3 aliphatic rings. The topological polar surface area (TPSA) is 30.9 Å². The molecule has 3 rings (SSSR count). The Morgan fingerprint density at radius 2 is 1.95 bits per heavy atom. The van der Waals surface area contributed by atoms with Gasteiger partial charge in [-0.25, -0.2) is 0 Å². The third-order valence-electron chi connectivity index (χ3n) is 5.52. The summed E-state index contributed by atoms with van der Waals surface area (Å²) in [5, 5.41) is 3.65. The molecule has 1 N–H and O–H groups in total. The fourth-order valence-electron chi connectivity index (χ4n) is 4.05. The second-order valence-electron chi connectivity index (χ2n) is 7.23. The van der Waals surface area contributed by atoms with Gasteiger partial charge < -0.3 is 10.2 Å². The minimum atomic E-state index is 0. The van der Waals surface area contributed by atoms with Gasteiger partial charge in [0.2, 0.25) is 0 Å². The van der Waals surface area contributed by atoms with Crippen molar-refractivity contribution < 1.29 is 0 Å². The summed E-state index contributed by atoms with van der Waals surface area (Å²) in [6.45, 7) is 8.01. The second-order valence-corrected chi connectivity index (χ2v) is 7.23. The molecular weight excluding hydrogens is 387 g/mol. The molecule has 0 amide bonds. The van der Waals surface area contributed by atoms with Crippen LogP contribution in [0.1, 0.15) is 39.0 Å². The van der Waals surface area contributed by atoms with Crippen LogP contribution >= 0.6 is 24.0 Å². The molecule has 1 atom stereocenters. The van der Waals surface area contributed by atoms with E-state index in [1.807, 2.05) is 7.05 Å². The number of halogens is 1. The van der Waals surface area contributed by atoms with Crippen molar-refractivity contribution in [1.29, 1.82) is 0 Å². The zero-order valence-corrected chi connectivity index (χ0v) is 16.4. The highest BCUT2D eigenvalue weighted by atomic mass is 127. The first kappa shape index (κ1) is 18.0. The fourth-order valence-corrected chi connectivity index (χ4v) is 4.05. The quantitative estimate of drug-likeness (QED) is 0.331. The number of hydrogen-bond donors (Lipinski definition) is 1. The van der Waals surface area contributed by atoms with E-state index in [2.05, 4.69) is 39.2 Å². The summed E-state index contributed by atoms with van der Waals surface area (Å²) in [6.07, 6.45) is 11.3. The first-order chi connectivity index (χ1) is 10.2. The SMILES string of the molecule is CN=C(NCC1(C)CCCC1)N1CCC(N2CC=CC2)C1.I. The maximum Gasteiger partial charge on any atom is 0.193 e. The maximum absolute atomic E-state index is 4.52. The van der Waals surface area contributed by atoms with Crippen LogP contribution in [0.2, 0.25) is 0 Å². The number of rotatable bonds is 3. The van der Waals surface area contributed by atoms with Gasteiger partial charge in [-0.3, -0.25) is 9.89 Å². The van der Waals surface area contributed by atoms with Gasteiger partial charge in [0.05, 0.1) is 0 Å². The van der Waals surface area contributed by atoms with Crippen LogP contribution in [0, 0.1) is 5.41 Å². The molecule has 0 spiro atoms. The van der Waals surface area contributed by atoms with E-state index in [-0.39, 0.29) is 24.0 Å². The highest BCUT2D eigenvalue weighted by Crippen LogP contribution is 2.36. The number of aliphatic imine (C=N–C) groups is 1. The van der Waals surface area contributed by atoms with Crippen molar-refractivity contribution in [3.63, 3.8) is 0 Å². The minimum absolute atomic E-state index is 0. The van der Waals surface area contributed by atoms with Crippen molar-refractivity contribution in [2.24, 2.45) is 10.4 Å². The zero-order valence-electron chi connectivity index (χ0n) is 14.1. The molecule has 0 aromatic heterocycles. The van der Waals surface area contributed by atoms with Crippen molar-refractivity contribution in [2.75, 3.05) is 39.8 Å². The highest BCUT2D eigenvalue weighted by molar-refractivity contribution is 14.0. The standard InChI is InChI=1S/C17H30N4.HI/c1-17(8-3-4-9-17)14-19-16(18-2)21-12-7-15(13-21)20-10-5-6-11-20;/h5-6,15H,3-4,7-14H2,1-2H3,(H,18,19);1H. The van der Waals surface area contributed by atoms with Gasteiger partial charge in [0.25, 0.3) is 0 Å². The molecule has 4 nitrogen and oxygen atoms in total. The van der Waals surface area contributed by atoms with Crippen LogP contribution in [0.25, 0.3) is 0 Å². The molecule has 1 saturated carbocycles. The summed E-state index contributed by atoms with van der Waals surface area (Å²) in [5.74, 6) is 1.11. The van der Waals surface area contributed by atoms with Crippen LogP contribution in [0.5, 0.6) is 0 Å². The third kappa shape index (κ3) is 4.16. The predicted octanol–water partition coefficient (Wildman–Crippen LogP) is 2.71. The number of hydrogen-bond acceptors (Lipinski definition) is 2. The van der Waals surface area contributed by atoms with E-state index in [0.29, 0.717) is 11.5 Å². The smallest absolute Gasteiger partial charge is 0.193 e.